The van der Waals surface area contributed by atoms with Crippen LogP contribution in [0.5, 0.6) is 0 Å². The molecule has 37 heavy (non-hydrogen) atoms. The van der Waals surface area contributed by atoms with E-state index in [9.17, 15) is 27.9 Å². The molecular formula is C25H22F3N5O4. The van der Waals surface area contributed by atoms with Crippen LogP contribution in [0, 0.1) is 0 Å². The molecule has 0 aliphatic rings. The van der Waals surface area contributed by atoms with Crippen molar-refractivity contribution in [2.24, 2.45) is 0 Å². The van der Waals surface area contributed by atoms with Gasteiger partial charge in [0.15, 0.2) is 11.9 Å². The highest BCUT2D eigenvalue weighted by Gasteiger charge is 2.31. The molecule has 2 aromatic carbocycles. The maximum Gasteiger partial charge on any atom is 0.416 e. The van der Waals surface area contributed by atoms with Crippen LogP contribution in [-0.2, 0) is 22.2 Å². The van der Waals surface area contributed by atoms with E-state index in [1.54, 1.807) is 30.3 Å². The summed E-state index contributed by atoms with van der Waals surface area (Å²) >= 11 is 0. The zero-order valence-corrected chi connectivity index (χ0v) is 19.4. The Bertz CT molecular complexity index is 1410. The van der Waals surface area contributed by atoms with Gasteiger partial charge < -0.3 is 10.4 Å². The van der Waals surface area contributed by atoms with E-state index in [4.69, 9.17) is 0 Å². The van der Waals surface area contributed by atoms with Gasteiger partial charge in [-0.05, 0) is 36.2 Å². The molecular weight excluding hydrogens is 491 g/mol. The van der Waals surface area contributed by atoms with Crippen LogP contribution in [0.4, 0.5) is 13.2 Å². The molecule has 4 aromatic rings. The summed E-state index contributed by atoms with van der Waals surface area (Å²) < 4.78 is 40.5. The molecule has 2 heterocycles. The standard InChI is InChI=1S/C25H22F3N5O4/c1-37-32-24(36)21(34)20(12-15-6-3-2-4-7-15)30-23(35)18-8-5-11-29-22(18)33-14-16-9-10-17(25(26,27)28)13-19(16)31-33/h2-11,13-14,20-21,34H,12H2,1H3,(H,30,35)(H,32,36). The number of halogens is 3. The Balaban J connectivity index is 1.65. The van der Waals surface area contributed by atoms with Crippen molar-refractivity contribution in [2.45, 2.75) is 24.7 Å². The average Bonchev–Trinajstić information content (AvgIpc) is 3.31. The lowest BCUT2D eigenvalue weighted by Crippen LogP contribution is -2.51. The van der Waals surface area contributed by atoms with Crippen molar-refractivity contribution in [1.29, 1.82) is 0 Å². The molecule has 0 bridgehead atoms. The van der Waals surface area contributed by atoms with Crippen LogP contribution in [0.3, 0.4) is 0 Å². The summed E-state index contributed by atoms with van der Waals surface area (Å²) in [6, 6.07) is 14.0. The Morgan fingerprint density at radius 3 is 2.57 bits per heavy atom. The number of aromatic nitrogens is 3. The van der Waals surface area contributed by atoms with E-state index in [1.165, 1.54) is 42.4 Å². The number of hydrogen-bond donors (Lipinski definition) is 3. The van der Waals surface area contributed by atoms with Crippen molar-refractivity contribution in [3.8, 4) is 5.82 Å². The van der Waals surface area contributed by atoms with Crippen molar-refractivity contribution in [2.75, 3.05) is 7.11 Å². The lowest BCUT2D eigenvalue weighted by molar-refractivity contribution is -0.141. The molecule has 2 atom stereocenters. The van der Waals surface area contributed by atoms with Crippen LogP contribution in [0.25, 0.3) is 16.7 Å². The van der Waals surface area contributed by atoms with E-state index in [1.807, 2.05) is 5.48 Å². The smallest absolute Gasteiger partial charge is 0.381 e. The topological polar surface area (TPSA) is 118 Å². The third kappa shape index (κ3) is 5.93. The van der Waals surface area contributed by atoms with Gasteiger partial charge in [0, 0.05) is 17.8 Å². The number of nitrogens with zero attached hydrogens (tertiary/aromatic N) is 3. The van der Waals surface area contributed by atoms with Crippen LogP contribution in [0.1, 0.15) is 21.5 Å². The van der Waals surface area contributed by atoms with Crippen molar-refractivity contribution in [3.05, 3.63) is 89.7 Å². The number of amides is 2. The van der Waals surface area contributed by atoms with Crippen molar-refractivity contribution < 1.29 is 32.7 Å². The van der Waals surface area contributed by atoms with Gasteiger partial charge in [0.05, 0.1) is 29.8 Å². The minimum absolute atomic E-state index is 0.0313. The molecule has 0 aliphatic carbocycles. The zero-order chi connectivity index (χ0) is 26.6. The molecule has 0 radical (unpaired) electrons. The van der Waals surface area contributed by atoms with E-state index in [0.717, 1.165) is 17.7 Å². The molecule has 192 valence electrons. The Morgan fingerprint density at radius 1 is 1.11 bits per heavy atom. The fraction of sp³-hybridized carbons (Fsp3) is 0.200. The first-order valence-electron chi connectivity index (χ1n) is 11.0. The summed E-state index contributed by atoms with van der Waals surface area (Å²) in [5, 5.41) is 17.9. The minimum atomic E-state index is -4.53. The van der Waals surface area contributed by atoms with Crippen molar-refractivity contribution in [3.63, 3.8) is 0 Å². The van der Waals surface area contributed by atoms with Gasteiger partial charge in [-0.1, -0.05) is 36.4 Å². The molecule has 4 rings (SSSR count). The number of hydroxylamine groups is 1. The van der Waals surface area contributed by atoms with Crippen LogP contribution in [-0.4, -0.2) is 50.9 Å². The molecule has 2 aromatic heterocycles. The van der Waals surface area contributed by atoms with Gasteiger partial charge in [-0.25, -0.2) is 15.1 Å². The first-order valence-corrected chi connectivity index (χ1v) is 11.0. The summed E-state index contributed by atoms with van der Waals surface area (Å²) in [5.74, 6) is -1.48. The second kappa shape index (κ2) is 10.8. The fourth-order valence-electron chi connectivity index (χ4n) is 3.76. The molecule has 0 aliphatic heterocycles. The third-order valence-electron chi connectivity index (χ3n) is 5.55. The quantitative estimate of drug-likeness (QED) is 0.312. The first kappa shape index (κ1) is 25.8. The van der Waals surface area contributed by atoms with Gasteiger partial charge >= 0.3 is 6.18 Å². The molecule has 0 saturated carbocycles. The Hall–Kier alpha value is -4.29. The third-order valence-corrected chi connectivity index (χ3v) is 5.55. The highest BCUT2D eigenvalue weighted by molar-refractivity contribution is 5.98. The van der Waals surface area contributed by atoms with Crippen LogP contribution in [0.2, 0.25) is 0 Å². The van der Waals surface area contributed by atoms with E-state index >= 15 is 0 Å². The molecule has 12 heteroatoms. The summed E-state index contributed by atoms with van der Waals surface area (Å²) in [7, 11) is 1.21. The van der Waals surface area contributed by atoms with Gasteiger partial charge in [0.25, 0.3) is 11.8 Å². The number of fused-ring (bicyclic) bond motifs is 1. The summed E-state index contributed by atoms with van der Waals surface area (Å²) in [6.07, 6.45) is -3.21. The zero-order valence-electron chi connectivity index (χ0n) is 19.4. The van der Waals surface area contributed by atoms with E-state index in [2.05, 4.69) is 20.2 Å². The number of hydrogen-bond acceptors (Lipinski definition) is 6. The number of rotatable bonds is 8. The second-order valence-electron chi connectivity index (χ2n) is 8.10. The molecule has 0 fully saturated rings. The number of alkyl halides is 3. The predicted molar refractivity (Wildman–Crippen MR) is 126 cm³/mol. The van der Waals surface area contributed by atoms with Crippen molar-refractivity contribution in [1.82, 2.24) is 25.6 Å². The normalized spacial score (nSPS) is 13.2. The molecule has 3 N–H and O–H groups in total. The lowest BCUT2D eigenvalue weighted by Gasteiger charge is -2.24. The maximum absolute atomic E-state index is 13.3. The van der Waals surface area contributed by atoms with Crippen molar-refractivity contribution >= 4 is 22.7 Å². The highest BCUT2D eigenvalue weighted by Crippen LogP contribution is 2.31. The Kier molecular flexibility index (Phi) is 7.50. The van der Waals surface area contributed by atoms with Gasteiger partial charge in [0.1, 0.15) is 0 Å². The number of benzene rings is 2. The van der Waals surface area contributed by atoms with Gasteiger partial charge in [0.2, 0.25) is 0 Å². The number of aliphatic hydroxyl groups excluding tert-OH is 1. The monoisotopic (exact) mass is 513 g/mol. The van der Waals surface area contributed by atoms with E-state index in [-0.39, 0.29) is 23.3 Å². The molecule has 9 nitrogen and oxygen atoms in total. The van der Waals surface area contributed by atoms with Crippen LogP contribution >= 0.6 is 0 Å². The summed E-state index contributed by atoms with van der Waals surface area (Å²) in [5.41, 5.74) is 2.05. The van der Waals surface area contributed by atoms with Crippen LogP contribution in [0.15, 0.2) is 73.1 Å². The first-order chi connectivity index (χ1) is 17.7. The minimum Gasteiger partial charge on any atom is -0.381 e. The molecule has 0 saturated heterocycles. The Morgan fingerprint density at radius 2 is 1.86 bits per heavy atom. The SMILES string of the molecule is CONC(=O)C(O)C(Cc1ccccc1)NC(=O)c1cccnc1-n1cc2ccc(C(F)(F)F)cc2n1. The largest absolute Gasteiger partial charge is 0.416 e. The predicted octanol–water partition coefficient (Wildman–Crippen LogP) is 2.82. The molecule has 2 unspecified atom stereocenters. The lowest BCUT2D eigenvalue weighted by atomic mass is 10.00. The van der Waals surface area contributed by atoms with E-state index in [0.29, 0.717) is 5.39 Å². The number of pyridine rings is 1. The number of aliphatic hydroxyl groups is 1. The van der Waals surface area contributed by atoms with Crippen LogP contribution < -0.4 is 10.8 Å². The van der Waals surface area contributed by atoms with Gasteiger partial charge in [-0.2, -0.15) is 18.3 Å². The Labute approximate surface area is 208 Å². The maximum atomic E-state index is 13.3. The highest BCUT2D eigenvalue weighted by atomic mass is 19.4. The fourth-order valence-corrected chi connectivity index (χ4v) is 3.76. The molecule has 2 amide bonds. The molecule has 0 spiro atoms. The number of carbonyl (C=O) groups excluding carboxylic acids is 2. The van der Waals surface area contributed by atoms with Gasteiger partial charge in [-0.3, -0.25) is 14.4 Å². The number of carbonyl (C=O) groups is 2. The summed E-state index contributed by atoms with van der Waals surface area (Å²) in [6.45, 7) is 0. The van der Waals surface area contributed by atoms with E-state index < -0.39 is 35.7 Å². The average molecular weight is 513 g/mol. The summed E-state index contributed by atoms with van der Waals surface area (Å²) in [4.78, 5) is 34.3. The second-order valence-corrected chi connectivity index (χ2v) is 8.10. The van der Waals surface area contributed by atoms with Gasteiger partial charge in [-0.15, -0.1) is 0 Å². The number of nitrogens with one attached hydrogen (secondary N) is 2.